The second kappa shape index (κ2) is 6.86. The number of aromatic amines is 1. The molecule has 104 valence electrons. The molecule has 0 saturated carbocycles. The lowest BCUT2D eigenvalue weighted by molar-refractivity contribution is 0.394. The van der Waals surface area contributed by atoms with Crippen LogP contribution < -0.4 is 4.72 Å². The zero-order valence-corrected chi connectivity index (χ0v) is 12.0. The lowest BCUT2D eigenvalue weighted by Gasteiger charge is -2.09. The molecule has 1 aromatic heterocycles. The molecule has 1 rings (SSSR count). The van der Waals surface area contributed by atoms with E-state index in [1.165, 1.54) is 6.20 Å². The molecule has 0 saturated heterocycles. The molecular weight excluding hydrogens is 252 g/mol. The van der Waals surface area contributed by atoms with Crippen LogP contribution in [0.3, 0.4) is 0 Å². The number of rotatable bonds is 8. The van der Waals surface area contributed by atoms with E-state index in [4.69, 9.17) is 0 Å². The van der Waals surface area contributed by atoms with E-state index in [-0.39, 0.29) is 5.03 Å². The molecule has 6 nitrogen and oxygen atoms in total. The van der Waals surface area contributed by atoms with Crippen LogP contribution in [0.15, 0.2) is 11.2 Å². The van der Waals surface area contributed by atoms with E-state index in [1.807, 2.05) is 21.0 Å². The van der Waals surface area contributed by atoms with Gasteiger partial charge in [-0.2, -0.15) is 0 Å². The van der Waals surface area contributed by atoms with Crippen molar-refractivity contribution < 1.29 is 8.42 Å². The average molecular weight is 274 g/mol. The van der Waals surface area contributed by atoms with Crippen molar-refractivity contribution in [3.63, 3.8) is 0 Å². The number of aryl methyl sites for hydroxylation is 1. The summed E-state index contributed by atoms with van der Waals surface area (Å²) < 4.78 is 26.3. The van der Waals surface area contributed by atoms with Gasteiger partial charge in [-0.3, -0.25) is 0 Å². The van der Waals surface area contributed by atoms with Crippen molar-refractivity contribution in [3.05, 3.63) is 12.0 Å². The van der Waals surface area contributed by atoms with Crippen LogP contribution in [0.4, 0.5) is 0 Å². The van der Waals surface area contributed by atoms with E-state index >= 15 is 0 Å². The van der Waals surface area contributed by atoms with Gasteiger partial charge >= 0.3 is 0 Å². The standard InChI is InChI=1S/C11H22N4O2S/c1-4-10-12-9-11(14-10)18(16,17)13-7-5-6-8-15(2)3/h9,13H,4-8H2,1-3H3,(H,12,14). The predicted molar refractivity (Wildman–Crippen MR) is 70.9 cm³/mol. The Kier molecular flexibility index (Phi) is 5.77. The first-order chi connectivity index (χ1) is 8.45. The van der Waals surface area contributed by atoms with Gasteiger partial charge < -0.3 is 9.88 Å². The lowest BCUT2D eigenvalue weighted by atomic mass is 10.3. The molecular formula is C11H22N4O2S. The summed E-state index contributed by atoms with van der Waals surface area (Å²) in [4.78, 5) is 8.86. The summed E-state index contributed by atoms with van der Waals surface area (Å²) in [6.07, 6.45) is 3.85. The molecule has 1 aromatic rings. The van der Waals surface area contributed by atoms with Gasteiger partial charge in [-0.25, -0.2) is 18.1 Å². The zero-order chi connectivity index (χ0) is 13.6. The highest BCUT2D eigenvalue weighted by Gasteiger charge is 2.15. The largest absolute Gasteiger partial charge is 0.332 e. The fraction of sp³-hybridized carbons (Fsp3) is 0.727. The van der Waals surface area contributed by atoms with Gasteiger partial charge in [0.25, 0.3) is 10.0 Å². The summed E-state index contributed by atoms with van der Waals surface area (Å²) in [7, 11) is 0.570. The number of imidazole rings is 1. The highest BCUT2D eigenvalue weighted by atomic mass is 32.2. The van der Waals surface area contributed by atoms with Crippen LogP contribution in [-0.4, -0.2) is 50.5 Å². The smallest absolute Gasteiger partial charge is 0.257 e. The molecule has 0 aliphatic rings. The van der Waals surface area contributed by atoms with E-state index in [0.29, 0.717) is 18.8 Å². The van der Waals surface area contributed by atoms with Crippen molar-refractivity contribution in [2.75, 3.05) is 27.2 Å². The minimum Gasteiger partial charge on any atom is -0.332 e. The van der Waals surface area contributed by atoms with Crippen LogP contribution >= 0.6 is 0 Å². The molecule has 0 radical (unpaired) electrons. The average Bonchev–Trinajstić information content (AvgIpc) is 2.77. The molecule has 0 aliphatic carbocycles. The molecule has 0 fully saturated rings. The fourth-order valence-electron chi connectivity index (χ4n) is 1.50. The lowest BCUT2D eigenvalue weighted by Crippen LogP contribution is -2.26. The molecule has 2 N–H and O–H groups in total. The Morgan fingerprint density at radius 2 is 2.11 bits per heavy atom. The SMILES string of the molecule is CCc1ncc(S(=O)(=O)NCCCCN(C)C)[nH]1. The summed E-state index contributed by atoms with van der Waals surface area (Å²) in [6, 6.07) is 0. The number of aromatic nitrogens is 2. The van der Waals surface area contributed by atoms with E-state index in [2.05, 4.69) is 19.6 Å². The number of nitrogens with zero attached hydrogens (tertiary/aromatic N) is 2. The Bertz CT molecular complexity index is 453. The maximum atomic E-state index is 11.9. The quantitative estimate of drug-likeness (QED) is 0.680. The maximum absolute atomic E-state index is 11.9. The molecule has 1 heterocycles. The molecule has 0 spiro atoms. The highest BCUT2D eigenvalue weighted by molar-refractivity contribution is 7.89. The molecule has 0 aliphatic heterocycles. The Morgan fingerprint density at radius 3 is 2.67 bits per heavy atom. The van der Waals surface area contributed by atoms with Gasteiger partial charge in [-0.05, 0) is 33.5 Å². The zero-order valence-electron chi connectivity index (χ0n) is 11.2. The van der Waals surface area contributed by atoms with Crippen LogP contribution in [0.2, 0.25) is 0 Å². The molecule has 0 amide bonds. The molecule has 18 heavy (non-hydrogen) atoms. The van der Waals surface area contributed by atoms with Crippen molar-refractivity contribution in [1.82, 2.24) is 19.6 Å². The normalized spacial score (nSPS) is 12.2. The van der Waals surface area contributed by atoms with Gasteiger partial charge in [0.15, 0.2) is 5.03 Å². The van der Waals surface area contributed by atoms with Crippen molar-refractivity contribution in [2.24, 2.45) is 0 Å². The Hall–Kier alpha value is -0.920. The molecule has 0 atom stereocenters. The Morgan fingerprint density at radius 1 is 1.39 bits per heavy atom. The molecule has 0 bridgehead atoms. The minimum atomic E-state index is -3.43. The first-order valence-electron chi connectivity index (χ1n) is 6.14. The van der Waals surface area contributed by atoms with Gasteiger partial charge in [0.05, 0.1) is 6.20 Å². The molecule has 7 heteroatoms. The monoisotopic (exact) mass is 274 g/mol. The van der Waals surface area contributed by atoms with E-state index in [9.17, 15) is 8.42 Å². The van der Waals surface area contributed by atoms with Gasteiger partial charge in [-0.1, -0.05) is 6.92 Å². The number of sulfonamides is 1. The van der Waals surface area contributed by atoms with Crippen LogP contribution in [0.1, 0.15) is 25.6 Å². The van der Waals surface area contributed by atoms with E-state index in [1.54, 1.807) is 0 Å². The van der Waals surface area contributed by atoms with Crippen LogP contribution in [-0.2, 0) is 16.4 Å². The number of hydrogen-bond donors (Lipinski definition) is 2. The third-order valence-corrected chi connectivity index (χ3v) is 3.92. The molecule has 0 aromatic carbocycles. The first-order valence-corrected chi connectivity index (χ1v) is 7.62. The summed E-state index contributed by atoms with van der Waals surface area (Å²) >= 11 is 0. The van der Waals surface area contributed by atoms with Crippen LogP contribution in [0.25, 0.3) is 0 Å². The third kappa shape index (κ3) is 4.75. The van der Waals surface area contributed by atoms with Crippen LogP contribution in [0.5, 0.6) is 0 Å². The summed E-state index contributed by atoms with van der Waals surface area (Å²) in [5.74, 6) is 0.683. The van der Waals surface area contributed by atoms with Crippen molar-refractivity contribution in [2.45, 2.75) is 31.2 Å². The highest BCUT2D eigenvalue weighted by Crippen LogP contribution is 2.05. The van der Waals surface area contributed by atoms with Gasteiger partial charge in [0.1, 0.15) is 5.82 Å². The number of unbranched alkanes of at least 4 members (excludes halogenated alkanes) is 1. The second-order valence-electron chi connectivity index (χ2n) is 4.46. The fourth-order valence-corrected chi connectivity index (χ4v) is 2.51. The van der Waals surface area contributed by atoms with Gasteiger partial charge in [0, 0.05) is 13.0 Å². The topological polar surface area (TPSA) is 78.1 Å². The summed E-state index contributed by atoms with van der Waals surface area (Å²) in [5.41, 5.74) is 0. The Labute approximate surface area is 109 Å². The van der Waals surface area contributed by atoms with E-state index < -0.39 is 10.0 Å². The van der Waals surface area contributed by atoms with Crippen LogP contribution in [0, 0.1) is 0 Å². The maximum Gasteiger partial charge on any atom is 0.257 e. The Balaban J connectivity index is 2.40. The number of H-pyrrole nitrogens is 1. The molecule has 0 unspecified atom stereocenters. The van der Waals surface area contributed by atoms with Gasteiger partial charge in [0.2, 0.25) is 0 Å². The van der Waals surface area contributed by atoms with Crippen molar-refractivity contribution >= 4 is 10.0 Å². The van der Waals surface area contributed by atoms with Crippen molar-refractivity contribution in [1.29, 1.82) is 0 Å². The minimum absolute atomic E-state index is 0.145. The number of hydrogen-bond acceptors (Lipinski definition) is 4. The first kappa shape index (κ1) is 15.1. The summed E-state index contributed by atoms with van der Waals surface area (Å²) in [5, 5.41) is 0.145. The van der Waals surface area contributed by atoms with Crippen molar-refractivity contribution in [3.8, 4) is 0 Å². The van der Waals surface area contributed by atoms with Gasteiger partial charge in [-0.15, -0.1) is 0 Å². The summed E-state index contributed by atoms with van der Waals surface area (Å²) in [6.45, 7) is 3.34. The number of nitrogens with one attached hydrogen (secondary N) is 2. The third-order valence-electron chi connectivity index (χ3n) is 2.55. The second-order valence-corrected chi connectivity index (χ2v) is 6.19. The van der Waals surface area contributed by atoms with E-state index in [0.717, 1.165) is 19.4 Å². The predicted octanol–water partition coefficient (Wildman–Crippen LogP) is 0.592.